The van der Waals surface area contributed by atoms with E-state index in [4.69, 9.17) is 4.42 Å². The molecule has 1 saturated heterocycles. The Bertz CT molecular complexity index is 1570. The van der Waals surface area contributed by atoms with Crippen LogP contribution in [0.3, 0.4) is 0 Å². The summed E-state index contributed by atoms with van der Waals surface area (Å²) < 4.78 is 11.4. The van der Waals surface area contributed by atoms with Crippen molar-refractivity contribution >= 4 is 48.7 Å². The number of carbonyl (C=O) groups is 1. The van der Waals surface area contributed by atoms with E-state index in [1.165, 1.54) is 0 Å². The molecule has 182 valence electrons. The second-order valence-electron chi connectivity index (χ2n) is 9.39. The van der Waals surface area contributed by atoms with Gasteiger partial charge in [-0.2, -0.15) is 0 Å². The van der Waals surface area contributed by atoms with Gasteiger partial charge in [0.15, 0.2) is 5.76 Å². The van der Waals surface area contributed by atoms with Crippen molar-refractivity contribution in [2.24, 2.45) is 7.05 Å². The standard InChI is InChI=1S/C26H22Br2N6O2/c1-26(14-33(15-26)25(35)24-23(28)18-8-3-4-9-19(18)32(24)2)21-12-34(31-30-21)13-22-29-11-20(36-22)16-6-5-7-17(27)10-16/h3-12H,13-15H2,1-2H3. The Morgan fingerprint density at radius 3 is 2.72 bits per heavy atom. The number of halogens is 2. The smallest absolute Gasteiger partial charge is 0.271 e. The first-order valence-electron chi connectivity index (χ1n) is 11.5. The highest BCUT2D eigenvalue weighted by molar-refractivity contribution is 9.11. The minimum atomic E-state index is -0.261. The van der Waals surface area contributed by atoms with Crippen molar-refractivity contribution < 1.29 is 9.21 Å². The van der Waals surface area contributed by atoms with Gasteiger partial charge in [0.05, 0.1) is 16.4 Å². The molecule has 1 amide bonds. The topological polar surface area (TPSA) is 82.0 Å². The fourth-order valence-electron chi connectivity index (χ4n) is 4.79. The minimum Gasteiger partial charge on any atom is -0.439 e. The lowest BCUT2D eigenvalue weighted by molar-refractivity contribution is 0.0413. The molecule has 0 aliphatic carbocycles. The van der Waals surface area contributed by atoms with Crippen LogP contribution >= 0.6 is 31.9 Å². The van der Waals surface area contributed by atoms with Crippen LogP contribution in [0.25, 0.3) is 22.2 Å². The van der Waals surface area contributed by atoms with Gasteiger partial charge in [-0.05, 0) is 34.1 Å². The van der Waals surface area contributed by atoms with E-state index in [1.807, 2.05) is 71.2 Å². The summed E-state index contributed by atoms with van der Waals surface area (Å²) in [5, 5.41) is 9.72. The third-order valence-electron chi connectivity index (χ3n) is 6.73. The lowest BCUT2D eigenvalue weighted by Gasteiger charge is -2.46. The third kappa shape index (κ3) is 3.88. The van der Waals surface area contributed by atoms with Crippen LogP contribution in [0, 0.1) is 0 Å². The van der Waals surface area contributed by atoms with Crippen LogP contribution < -0.4 is 0 Å². The number of aryl methyl sites for hydroxylation is 1. The molecule has 1 aliphatic heterocycles. The second kappa shape index (κ2) is 8.70. The maximum Gasteiger partial charge on any atom is 0.271 e. The van der Waals surface area contributed by atoms with E-state index < -0.39 is 0 Å². The molecule has 3 aromatic heterocycles. The van der Waals surface area contributed by atoms with Gasteiger partial charge in [0.2, 0.25) is 5.89 Å². The van der Waals surface area contributed by atoms with Gasteiger partial charge in [0, 0.05) is 52.7 Å². The van der Waals surface area contributed by atoms with E-state index in [-0.39, 0.29) is 11.3 Å². The van der Waals surface area contributed by atoms with Gasteiger partial charge in [-0.25, -0.2) is 9.67 Å². The maximum atomic E-state index is 13.4. The fourth-order valence-corrected chi connectivity index (χ4v) is 5.96. The first-order chi connectivity index (χ1) is 17.3. The van der Waals surface area contributed by atoms with Gasteiger partial charge >= 0.3 is 0 Å². The monoisotopic (exact) mass is 608 g/mol. The van der Waals surface area contributed by atoms with Crippen LogP contribution in [0.2, 0.25) is 0 Å². The molecule has 2 aromatic carbocycles. The van der Waals surface area contributed by atoms with Gasteiger partial charge in [0.25, 0.3) is 5.91 Å². The summed E-state index contributed by atoms with van der Waals surface area (Å²) in [4.78, 5) is 19.6. The fraction of sp³-hybridized carbons (Fsp3) is 0.231. The van der Waals surface area contributed by atoms with Crippen molar-refractivity contribution in [1.82, 2.24) is 29.4 Å². The van der Waals surface area contributed by atoms with Crippen molar-refractivity contribution in [2.45, 2.75) is 18.9 Å². The molecule has 0 saturated carbocycles. The summed E-state index contributed by atoms with van der Waals surface area (Å²) in [6, 6.07) is 15.9. The summed E-state index contributed by atoms with van der Waals surface area (Å²) in [6.45, 7) is 3.63. The number of likely N-dealkylation sites (tertiary alicyclic amines) is 1. The van der Waals surface area contributed by atoms with Crippen LogP contribution in [0.4, 0.5) is 0 Å². The molecule has 10 heteroatoms. The zero-order valence-corrected chi connectivity index (χ0v) is 22.8. The molecule has 0 spiro atoms. The number of para-hydroxylation sites is 1. The van der Waals surface area contributed by atoms with Crippen LogP contribution in [-0.2, 0) is 19.0 Å². The van der Waals surface area contributed by atoms with E-state index >= 15 is 0 Å². The van der Waals surface area contributed by atoms with Gasteiger partial charge < -0.3 is 13.9 Å². The number of hydrogen-bond donors (Lipinski definition) is 0. The summed E-state index contributed by atoms with van der Waals surface area (Å²) in [5.41, 5.74) is 3.22. The molecule has 6 rings (SSSR count). The van der Waals surface area contributed by atoms with Crippen LogP contribution in [0.5, 0.6) is 0 Å². The number of aromatic nitrogens is 5. The number of oxazole rings is 1. The molecule has 0 unspecified atom stereocenters. The summed E-state index contributed by atoms with van der Waals surface area (Å²) in [7, 11) is 1.93. The Labute approximate surface area is 224 Å². The quantitative estimate of drug-likeness (QED) is 0.266. The minimum absolute atomic E-state index is 0.00491. The zero-order chi connectivity index (χ0) is 25.0. The lowest BCUT2D eigenvalue weighted by atomic mass is 9.79. The first-order valence-corrected chi connectivity index (χ1v) is 13.0. The molecule has 0 atom stereocenters. The first kappa shape index (κ1) is 23.2. The lowest BCUT2D eigenvalue weighted by Crippen LogP contribution is -2.60. The second-order valence-corrected chi connectivity index (χ2v) is 11.1. The molecule has 8 nitrogen and oxygen atoms in total. The SMILES string of the molecule is Cn1c(C(=O)N2CC(C)(c3cn(Cc4ncc(-c5cccc(Br)c5)o4)nn3)C2)c(Br)c2ccccc21. The highest BCUT2D eigenvalue weighted by Gasteiger charge is 2.45. The van der Waals surface area contributed by atoms with E-state index in [1.54, 1.807) is 10.9 Å². The number of rotatable bonds is 5. The molecular weight excluding hydrogens is 588 g/mol. The number of nitrogens with zero attached hydrogens (tertiary/aromatic N) is 6. The Kier molecular flexibility index (Phi) is 5.60. The van der Waals surface area contributed by atoms with E-state index in [0.29, 0.717) is 37.0 Å². The highest BCUT2D eigenvalue weighted by Crippen LogP contribution is 2.37. The zero-order valence-electron chi connectivity index (χ0n) is 19.7. The summed E-state index contributed by atoms with van der Waals surface area (Å²) in [5.74, 6) is 1.26. The molecule has 36 heavy (non-hydrogen) atoms. The number of fused-ring (bicyclic) bond motifs is 1. The predicted molar refractivity (Wildman–Crippen MR) is 143 cm³/mol. The van der Waals surface area contributed by atoms with Crippen molar-refractivity contribution in [3.63, 3.8) is 0 Å². The van der Waals surface area contributed by atoms with Crippen molar-refractivity contribution in [3.05, 3.63) is 87.1 Å². The highest BCUT2D eigenvalue weighted by atomic mass is 79.9. The molecule has 0 radical (unpaired) electrons. The maximum absolute atomic E-state index is 13.4. The van der Waals surface area contributed by atoms with Crippen LogP contribution in [0.1, 0.15) is 29.0 Å². The Morgan fingerprint density at radius 1 is 1.14 bits per heavy atom. The van der Waals surface area contributed by atoms with Crippen LogP contribution in [-0.4, -0.2) is 48.4 Å². The molecule has 0 bridgehead atoms. The summed E-state index contributed by atoms with van der Waals surface area (Å²) in [6.07, 6.45) is 3.63. The van der Waals surface area contributed by atoms with E-state index in [2.05, 4.69) is 54.1 Å². The molecule has 0 N–H and O–H groups in total. The Morgan fingerprint density at radius 2 is 1.94 bits per heavy atom. The molecule has 1 aliphatic rings. The number of carbonyl (C=O) groups excluding carboxylic acids is 1. The van der Waals surface area contributed by atoms with E-state index in [9.17, 15) is 4.79 Å². The summed E-state index contributed by atoms with van der Waals surface area (Å²) >= 11 is 7.12. The number of amides is 1. The number of benzene rings is 2. The third-order valence-corrected chi connectivity index (χ3v) is 8.03. The molecule has 4 heterocycles. The molecular formula is C26H22Br2N6O2. The van der Waals surface area contributed by atoms with Crippen molar-refractivity contribution in [3.8, 4) is 11.3 Å². The predicted octanol–water partition coefficient (Wildman–Crippen LogP) is 5.41. The Hall–Kier alpha value is -3.24. The average molecular weight is 610 g/mol. The normalized spacial score (nSPS) is 14.8. The number of hydrogen-bond acceptors (Lipinski definition) is 5. The largest absolute Gasteiger partial charge is 0.439 e. The van der Waals surface area contributed by atoms with Gasteiger partial charge in [-0.3, -0.25) is 4.79 Å². The van der Waals surface area contributed by atoms with Crippen LogP contribution in [0.15, 0.2) is 74.3 Å². The molecule has 5 aromatic rings. The molecule has 1 fully saturated rings. The van der Waals surface area contributed by atoms with Crippen molar-refractivity contribution in [1.29, 1.82) is 0 Å². The van der Waals surface area contributed by atoms with Crippen molar-refractivity contribution in [2.75, 3.05) is 13.1 Å². The average Bonchev–Trinajstić information content (AvgIpc) is 3.57. The van der Waals surface area contributed by atoms with Gasteiger partial charge in [0.1, 0.15) is 12.2 Å². The van der Waals surface area contributed by atoms with E-state index in [0.717, 1.165) is 31.1 Å². The Balaban J connectivity index is 1.15. The van der Waals surface area contributed by atoms with Gasteiger partial charge in [-0.1, -0.05) is 58.4 Å². The van der Waals surface area contributed by atoms with Gasteiger partial charge in [-0.15, -0.1) is 5.10 Å².